The summed E-state index contributed by atoms with van der Waals surface area (Å²) in [5, 5.41) is 4.33. The predicted octanol–water partition coefficient (Wildman–Crippen LogP) is 2.52. The Balaban J connectivity index is 2.24. The number of H-pyrrole nitrogens is 1. The number of fused-ring (bicyclic) bond motifs is 1. The summed E-state index contributed by atoms with van der Waals surface area (Å²) in [6.07, 6.45) is 2.74. The molecule has 2 rings (SSSR count). The Kier molecular flexibility index (Phi) is 3.82. The van der Waals surface area contributed by atoms with Gasteiger partial charge in [0.1, 0.15) is 0 Å². The molecule has 2 N–H and O–H groups in total. The Hall–Kier alpha value is -1.61. The fourth-order valence-corrected chi connectivity index (χ4v) is 2.27. The van der Waals surface area contributed by atoms with Crippen molar-refractivity contribution >= 4 is 16.7 Å². The van der Waals surface area contributed by atoms with Gasteiger partial charge in [0, 0.05) is 23.0 Å². The molecule has 0 amide bonds. The molecule has 0 saturated heterocycles. The van der Waals surface area contributed by atoms with Crippen molar-refractivity contribution in [1.82, 2.24) is 10.3 Å². The van der Waals surface area contributed by atoms with Crippen molar-refractivity contribution in [2.75, 3.05) is 7.05 Å². The quantitative estimate of drug-likeness (QED) is 0.849. The van der Waals surface area contributed by atoms with Gasteiger partial charge in [-0.2, -0.15) is 0 Å². The molecule has 1 aromatic heterocycles. The highest BCUT2D eigenvalue weighted by Gasteiger charge is 2.20. The van der Waals surface area contributed by atoms with Crippen LogP contribution in [0.3, 0.4) is 0 Å². The van der Waals surface area contributed by atoms with Crippen LogP contribution in [0.2, 0.25) is 0 Å². The van der Waals surface area contributed by atoms with E-state index in [0.29, 0.717) is 0 Å². The number of hydrogen-bond acceptors (Lipinski definition) is 2. The van der Waals surface area contributed by atoms with E-state index in [1.807, 2.05) is 39.2 Å². The third-order valence-electron chi connectivity index (χ3n) is 3.36. The Morgan fingerprint density at radius 3 is 2.72 bits per heavy atom. The van der Waals surface area contributed by atoms with Crippen LogP contribution in [0.4, 0.5) is 0 Å². The number of ketones is 1. The number of carbonyl (C=O) groups excluding carboxylic acids is 1. The molecule has 0 unspecified atom stereocenters. The van der Waals surface area contributed by atoms with Crippen molar-refractivity contribution in [3.8, 4) is 0 Å². The van der Waals surface area contributed by atoms with Crippen LogP contribution < -0.4 is 5.32 Å². The summed E-state index contributed by atoms with van der Waals surface area (Å²) in [6.45, 7) is 3.89. The van der Waals surface area contributed by atoms with Crippen molar-refractivity contribution in [3.05, 3.63) is 36.0 Å². The van der Waals surface area contributed by atoms with Gasteiger partial charge >= 0.3 is 0 Å². The first kappa shape index (κ1) is 12.8. The van der Waals surface area contributed by atoms with Gasteiger partial charge in [0.25, 0.3) is 0 Å². The molecular formula is C15H20N2O. The molecule has 18 heavy (non-hydrogen) atoms. The summed E-state index contributed by atoms with van der Waals surface area (Å²) < 4.78 is 0. The minimum Gasteiger partial charge on any atom is -0.361 e. The number of aromatic amines is 1. The second-order valence-electron chi connectivity index (χ2n) is 4.96. The first-order valence-corrected chi connectivity index (χ1v) is 6.39. The van der Waals surface area contributed by atoms with Crippen LogP contribution in [0, 0.1) is 5.92 Å². The van der Waals surface area contributed by atoms with E-state index in [1.165, 1.54) is 10.9 Å². The molecule has 0 radical (unpaired) electrons. The Morgan fingerprint density at radius 2 is 2.06 bits per heavy atom. The second-order valence-corrected chi connectivity index (χ2v) is 4.96. The van der Waals surface area contributed by atoms with Gasteiger partial charge in [-0.1, -0.05) is 32.0 Å². The van der Waals surface area contributed by atoms with Gasteiger partial charge in [-0.15, -0.1) is 0 Å². The summed E-state index contributed by atoms with van der Waals surface area (Å²) in [4.78, 5) is 15.3. The molecule has 0 aliphatic heterocycles. The topological polar surface area (TPSA) is 44.9 Å². The van der Waals surface area contributed by atoms with Gasteiger partial charge in [-0.3, -0.25) is 4.79 Å². The second kappa shape index (κ2) is 5.36. The van der Waals surface area contributed by atoms with Crippen LogP contribution in [-0.4, -0.2) is 23.9 Å². The molecule has 2 aromatic rings. The molecule has 0 fully saturated rings. The SMILES string of the molecule is CN[C@@H](Cc1c[nH]c2ccccc12)C(=O)C(C)C. The summed E-state index contributed by atoms with van der Waals surface area (Å²) in [7, 11) is 1.85. The van der Waals surface area contributed by atoms with Gasteiger partial charge in [0.2, 0.25) is 0 Å². The van der Waals surface area contributed by atoms with Gasteiger partial charge in [-0.25, -0.2) is 0 Å². The van der Waals surface area contributed by atoms with E-state index in [2.05, 4.69) is 22.4 Å². The van der Waals surface area contributed by atoms with E-state index in [1.54, 1.807) is 0 Å². The average Bonchev–Trinajstić information content (AvgIpc) is 2.78. The smallest absolute Gasteiger partial charge is 0.152 e. The third-order valence-corrected chi connectivity index (χ3v) is 3.36. The molecule has 3 heteroatoms. The number of aromatic nitrogens is 1. The van der Waals surface area contributed by atoms with Crippen molar-refractivity contribution in [2.24, 2.45) is 5.92 Å². The maximum absolute atomic E-state index is 12.1. The first-order valence-electron chi connectivity index (χ1n) is 6.39. The van der Waals surface area contributed by atoms with Gasteiger partial charge in [0.15, 0.2) is 5.78 Å². The molecule has 1 heterocycles. The zero-order valence-corrected chi connectivity index (χ0v) is 11.2. The normalized spacial score (nSPS) is 13.1. The standard InChI is InChI=1S/C15H20N2O/c1-10(2)15(18)14(16-3)8-11-9-17-13-7-5-4-6-12(11)13/h4-7,9-10,14,16-17H,8H2,1-3H3/t14-/m0/s1. The highest BCUT2D eigenvalue weighted by molar-refractivity contribution is 5.88. The molecule has 0 spiro atoms. The molecule has 96 valence electrons. The van der Waals surface area contributed by atoms with E-state index in [0.717, 1.165) is 11.9 Å². The summed E-state index contributed by atoms with van der Waals surface area (Å²) >= 11 is 0. The van der Waals surface area contributed by atoms with Crippen LogP contribution in [0.15, 0.2) is 30.5 Å². The monoisotopic (exact) mass is 244 g/mol. The number of rotatable bonds is 5. The van der Waals surface area contributed by atoms with E-state index in [4.69, 9.17) is 0 Å². The highest BCUT2D eigenvalue weighted by atomic mass is 16.1. The molecule has 3 nitrogen and oxygen atoms in total. The molecule has 0 aliphatic carbocycles. The number of nitrogens with one attached hydrogen (secondary N) is 2. The summed E-state index contributed by atoms with van der Waals surface area (Å²) in [6, 6.07) is 8.07. The van der Waals surface area contributed by atoms with Crippen LogP contribution in [0.5, 0.6) is 0 Å². The lowest BCUT2D eigenvalue weighted by atomic mass is 9.96. The van der Waals surface area contributed by atoms with Crippen LogP contribution in [0.1, 0.15) is 19.4 Å². The van der Waals surface area contributed by atoms with Crippen LogP contribution >= 0.6 is 0 Å². The van der Waals surface area contributed by atoms with Crippen molar-refractivity contribution in [2.45, 2.75) is 26.3 Å². The summed E-state index contributed by atoms with van der Waals surface area (Å²) in [5.41, 5.74) is 2.32. The minimum atomic E-state index is -0.107. The number of likely N-dealkylation sites (N-methyl/N-ethyl adjacent to an activating group) is 1. The maximum Gasteiger partial charge on any atom is 0.152 e. The number of Topliss-reactive ketones (excluding diaryl/α,β-unsaturated/α-hetero) is 1. The van der Waals surface area contributed by atoms with Gasteiger partial charge < -0.3 is 10.3 Å². The third kappa shape index (κ3) is 2.46. The van der Waals surface area contributed by atoms with E-state index < -0.39 is 0 Å². The molecular weight excluding hydrogens is 224 g/mol. The molecule has 1 atom stereocenters. The molecule has 0 bridgehead atoms. The Bertz CT molecular complexity index is 542. The zero-order valence-electron chi connectivity index (χ0n) is 11.2. The Labute approximate surface area is 108 Å². The molecule has 0 aliphatic rings. The van der Waals surface area contributed by atoms with Crippen molar-refractivity contribution < 1.29 is 4.79 Å². The lowest BCUT2D eigenvalue weighted by molar-refractivity contribution is -0.123. The molecule has 0 saturated carbocycles. The van der Waals surface area contributed by atoms with Gasteiger partial charge in [-0.05, 0) is 25.1 Å². The maximum atomic E-state index is 12.1. The zero-order chi connectivity index (χ0) is 13.1. The van der Waals surface area contributed by atoms with Crippen molar-refractivity contribution in [3.63, 3.8) is 0 Å². The van der Waals surface area contributed by atoms with E-state index in [9.17, 15) is 4.79 Å². The van der Waals surface area contributed by atoms with E-state index in [-0.39, 0.29) is 17.7 Å². The molecule has 1 aromatic carbocycles. The first-order chi connectivity index (χ1) is 8.63. The number of hydrogen-bond donors (Lipinski definition) is 2. The number of para-hydroxylation sites is 1. The number of benzene rings is 1. The van der Waals surface area contributed by atoms with Crippen LogP contribution in [0.25, 0.3) is 10.9 Å². The fraction of sp³-hybridized carbons (Fsp3) is 0.400. The Morgan fingerprint density at radius 1 is 1.33 bits per heavy atom. The van der Waals surface area contributed by atoms with Crippen molar-refractivity contribution in [1.29, 1.82) is 0 Å². The summed E-state index contributed by atoms with van der Waals surface area (Å²) in [5.74, 6) is 0.329. The highest BCUT2D eigenvalue weighted by Crippen LogP contribution is 2.19. The average molecular weight is 244 g/mol. The lowest BCUT2D eigenvalue weighted by Gasteiger charge is -2.16. The minimum absolute atomic E-state index is 0.0626. The van der Waals surface area contributed by atoms with Gasteiger partial charge in [0.05, 0.1) is 6.04 Å². The fourth-order valence-electron chi connectivity index (χ4n) is 2.27. The largest absolute Gasteiger partial charge is 0.361 e. The van der Waals surface area contributed by atoms with E-state index >= 15 is 0 Å². The van der Waals surface area contributed by atoms with Crippen LogP contribution in [-0.2, 0) is 11.2 Å². The lowest BCUT2D eigenvalue weighted by Crippen LogP contribution is -2.38. The number of carbonyl (C=O) groups is 1. The predicted molar refractivity (Wildman–Crippen MR) is 74.7 cm³/mol.